The van der Waals surface area contributed by atoms with Crippen LogP contribution in [0.25, 0.3) is 0 Å². The molecule has 0 aromatic heterocycles. The van der Waals surface area contributed by atoms with E-state index in [0.29, 0.717) is 26.0 Å². The summed E-state index contributed by atoms with van der Waals surface area (Å²) in [6.07, 6.45) is 3.90. The molecule has 0 fully saturated rings. The number of hydrogen-bond acceptors (Lipinski definition) is 3. The zero-order valence-corrected chi connectivity index (χ0v) is 13.6. The van der Waals surface area contributed by atoms with E-state index in [9.17, 15) is 9.59 Å². The van der Waals surface area contributed by atoms with Crippen molar-refractivity contribution in [1.82, 2.24) is 10.6 Å². The molecule has 0 aliphatic carbocycles. The summed E-state index contributed by atoms with van der Waals surface area (Å²) >= 11 is 0. The normalized spacial score (nSPS) is 11.6. The van der Waals surface area contributed by atoms with Gasteiger partial charge in [-0.2, -0.15) is 0 Å². The van der Waals surface area contributed by atoms with E-state index in [1.807, 2.05) is 27.7 Å². The number of amides is 2. The van der Waals surface area contributed by atoms with Crippen LogP contribution in [0.1, 0.15) is 40.5 Å². The minimum absolute atomic E-state index is 0.181. The van der Waals surface area contributed by atoms with Crippen molar-refractivity contribution >= 4 is 11.8 Å². The Hall–Kier alpha value is -1.62. The predicted molar refractivity (Wildman–Crippen MR) is 84.9 cm³/mol. The fourth-order valence-electron chi connectivity index (χ4n) is 1.66. The van der Waals surface area contributed by atoms with Crippen LogP contribution >= 0.6 is 0 Å². The molecule has 0 saturated carbocycles. The molecular weight excluding hydrogens is 268 g/mol. The molecule has 0 bridgehead atoms. The van der Waals surface area contributed by atoms with Crippen LogP contribution in [0.2, 0.25) is 0 Å². The van der Waals surface area contributed by atoms with Crippen LogP contribution < -0.4 is 10.6 Å². The molecule has 0 aromatic rings. The van der Waals surface area contributed by atoms with Crippen LogP contribution in [-0.4, -0.2) is 36.1 Å². The van der Waals surface area contributed by atoms with Gasteiger partial charge in [-0.15, -0.1) is 0 Å². The number of carbonyl (C=O) groups excluding carboxylic acids is 2. The van der Waals surface area contributed by atoms with Crippen molar-refractivity contribution in [3.05, 3.63) is 25.3 Å². The molecule has 0 aromatic carbocycles. The Labute approximate surface area is 127 Å². The van der Waals surface area contributed by atoms with Crippen LogP contribution in [0.15, 0.2) is 25.3 Å². The Morgan fingerprint density at radius 2 is 1.62 bits per heavy atom. The van der Waals surface area contributed by atoms with Gasteiger partial charge in [-0.05, 0) is 52.7 Å². The van der Waals surface area contributed by atoms with E-state index in [4.69, 9.17) is 4.74 Å². The first kappa shape index (κ1) is 19.4. The van der Waals surface area contributed by atoms with Gasteiger partial charge >= 0.3 is 0 Å². The van der Waals surface area contributed by atoms with Crippen molar-refractivity contribution in [3.63, 3.8) is 0 Å². The minimum atomic E-state index is -0.349. The lowest BCUT2D eigenvalue weighted by atomic mass is 10.0. The van der Waals surface area contributed by atoms with Crippen LogP contribution in [0.4, 0.5) is 0 Å². The molecule has 0 atom stereocenters. The van der Waals surface area contributed by atoms with Crippen LogP contribution in [0.3, 0.4) is 0 Å². The lowest BCUT2D eigenvalue weighted by Crippen LogP contribution is -2.44. The molecule has 0 spiro atoms. The third kappa shape index (κ3) is 9.85. The summed E-state index contributed by atoms with van der Waals surface area (Å²) in [7, 11) is 0. The third-order valence-electron chi connectivity index (χ3n) is 3.08. The SMILES string of the molecule is C=CC(=O)NCCC(C)(C)OCCC(C)(C)NC(=O)C=C. The Bertz CT molecular complexity index is 387. The van der Waals surface area contributed by atoms with Gasteiger partial charge < -0.3 is 15.4 Å². The van der Waals surface area contributed by atoms with E-state index in [1.165, 1.54) is 12.2 Å². The first-order valence-corrected chi connectivity index (χ1v) is 7.11. The highest BCUT2D eigenvalue weighted by Crippen LogP contribution is 2.16. The topological polar surface area (TPSA) is 67.4 Å². The van der Waals surface area contributed by atoms with Gasteiger partial charge in [-0.25, -0.2) is 0 Å². The summed E-state index contributed by atoms with van der Waals surface area (Å²) in [6.45, 7) is 15.7. The van der Waals surface area contributed by atoms with Gasteiger partial charge in [0.05, 0.1) is 5.60 Å². The number of nitrogens with one attached hydrogen (secondary N) is 2. The number of rotatable bonds is 10. The fraction of sp³-hybridized carbons (Fsp3) is 0.625. The van der Waals surface area contributed by atoms with E-state index in [2.05, 4.69) is 23.8 Å². The molecule has 21 heavy (non-hydrogen) atoms. The summed E-state index contributed by atoms with van der Waals surface area (Å²) in [5.41, 5.74) is -0.689. The van der Waals surface area contributed by atoms with Gasteiger partial charge in [0.2, 0.25) is 11.8 Å². The Morgan fingerprint density at radius 1 is 1.05 bits per heavy atom. The highest BCUT2D eigenvalue weighted by atomic mass is 16.5. The average molecular weight is 296 g/mol. The van der Waals surface area contributed by atoms with Gasteiger partial charge in [-0.1, -0.05) is 13.2 Å². The van der Waals surface area contributed by atoms with Crippen molar-refractivity contribution < 1.29 is 14.3 Å². The number of carbonyl (C=O) groups is 2. The molecule has 0 rings (SSSR count). The van der Waals surface area contributed by atoms with E-state index in [-0.39, 0.29) is 23.0 Å². The Morgan fingerprint density at radius 3 is 2.14 bits per heavy atom. The summed E-state index contributed by atoms with van der Waals surface area (Å²) in [6, 6.07) is 0. The van der Waals surface area contributed by atoms with Crippen LogP contribution in [-0.2, 0) is 14.3 Å². The molecule has 0 unspecified atom stereocenters. The summed E-state index contributed by atoms with van der Waals surface area (Å²) in [4.78, 5) is 22.4. The second kappa shape index (κ2) is 8.62. The molecule has 0 aliphatic rings. The maximum Gasteiger partial charge on any atom is 0.243 e. The first-order valence-electron chi connectivity index (χ1n) is 7.11. The second-order valence-corrected chi connectivity index (χ2v) is 6.18. The Balaban J connectivity index is 4.07. The predicted octanol–water partition coefficient (Wildman–Crippen LogP) is 1.94. The smallest absolute Gasteiger partial charge is 0.243 e. The molecular formula is C16H28N2O3. The lowest BCUT2D eigenvalue weighted by molar-refractivity contribution is -0.118. The van der Waals surface area contributed by atoms with Crippen molar-refractivity contribution in [2.75, 3.05) is 13.2 Å². The first-order chi connectivity index (χ1) is 9.62. The summed E-state index contributed by atoms with van der Waals surface area (Å²) in [5, 5.41) is 5.58. The highest BCUT2D eigenvalue weighted by Gasteiger charge is 2.22. The minimum Gasteiger partial charge on any atom is -0.375 e. The van der Waals surface area contributed by atoms with E-state index < -0.39 is 0 Å². The van der Waals surface area contributed by atoms with Gasteiger partial charge in [-0.3, -0.25) is 9.59 Å². The molecule has 0 aliphatic heterocycles. The molecule has 120 valence electrons. The van der Waals surface area contributed by atoms with Crippen molar-refractivity contribution in [1.29, 1.82) is 0 Å². The van der Waals surface area contributed by atoms with E-state index >= 15 is 0 Å². The van der Waals surface area contributed by atoms with Gasteiger partial charge in [0.25, 0.3) is 0 Å². The fourth-order valence-corrected chi connectivity index (χ4v) is 1.66. The molecule has 5 nitrogen and oxygen atoms in total. The quantitative estimate of drug-likeness (QED) is 0.605. The standard InChI is InChI=1S/C16H28N2O3/c1-7-13(19)17-11-9-16(5,6)21-12-10-15(3,4)18-14(20)8-2/h7-8H,1-2,9-12H2,3-6H3,(H,17,19)(H,18,20). The summed E-state index contributed by atoms with van der Waals surface area (Å²) < 4.78 is 5.84. The largest absolute Gasteiger partial charge is 0.375 e. The van der Waals surface area contributed by atoms with Crippen molar-refractivity contribution in [2.24, 2.45) is 0 Å². The third-order valence-corrected chi connectivity index (χ3v) is 3.08. The lowest BCUT2D eigenvalue weighted by Gasteiger charge is -2.30. The van der Waals surface area contributed by atoms with E-state index in [1.54, 1.807) is 0 Å². The second-order valence-electron chi connectivity index (χ2n) is 6.18. The molecule has 2 amide bonds. The van der Waals surface area contributed by atoms with Crippen molar-refractivity contribution in [2.45, 2.75) is 51.7 Å². The van der Waals surface area contributed by atoms with Gasteiger partial charge in [0, 0.05) is 18.7 Å². The molecule has 5 heteroatoms. The molecule has 0 radical (unpaired) electrons. The average Bonchev–Trinajstić information content (AvgIpc) is 2.36. The Kier molecular flexibility index (Phi) is 7.95. The van der Waals surface area contributed by atoms with Crippen LogP contribution in [0, 0.1) is 0 Å². The maximum absolute atomic E-state index is 11.3. The van der Waals surface area contributed by atoms with Gasteiger partial charge in [0.1, 0.15) is 0 Å². The number of hydrogen-bond donors (Lipinski definition) is 2. The molecule has 2 N–H and O–H groups in total. The number of ether oxygens (including phenoxy) is 1. The zero-order valence-electron chi connectivity index (χ0n) is 13.6. The molecule has 0 heterocycles. The maximum atomic E-state index is 11.3. The monoisotopic (exact) mass is 296 g/mol. The van der Waals surface area contributed by atoms with Crippen LogP contribution in [0.5, 0.6) is 0 Å². The van der Waals surface area contributed by atoms with E-state index in [0.717, 1.165) is 0 Å². The van der Waals surface area contributed by atoms with Crippen molar-refractivity contribution in [3.8, 4) is 0 Å². The van der Waals surface area contributed by atoms with Gasteiger partial charge in [0.15, 0.2) is 0 Å². The zero-order chi connectivity index (χ0) is 16.5. The highest BCUT2D eigenvalue weighted by molar-refractivity contribution is 5.87. The molecule has 0 saturated heterocycles. The summed E-state index contributed by atoms with van der Waals surface area (Å²) in [5.74, 6) is -0.370.